The lowest BCUT2D eigenvalue weighted by molar-refractivity contribution is 0.00578. The molecule has 0 spiro atoms. The molecule has 1 aromatic carbocycles. The molecule has 0 atom stereocenters. The highest BCUT2D eigenvalue weighted by Gasteiger charge is 2.52. The molecule has 0 aliphatic carbocycles. The van der Waals surface area contributed by atoms with Gasteiger partial charge >= 0.3 is 7.12 Å². The Morgan fingerprint density at radius 3 is 1.76 bits per heavy atom. The Bertz CT molecular complexity index is 693. The third-order valence-corrected chi connectivity index (χ3v) is 13.5. The lowest BCUT2D eigenvalue weighted by Crippen LogP contribution is -2.51. The first-order chi connectivity index (χ1) is 13.2. The molecule has 3 nitrogen and oxygen atoms in total. The van der Waals surface area contributed by atoms with Crippen LogP contribution in [0.1, 0.15) is 81.7 Å². The summed E-state index contributed by atoms with van der Waals surface area (Å²) < 4.78 is 19.5. The average molecular weight is 439 g/mol. The predicted molar refractivity (Wildman–Crippen MR) is 128 cm³/mol. The van der Waals surface area contributed by atoms with Crippen LogP contribution in [0.15, 0.2) is 12.1 Å². The van der Waals surface area contributed by atoms with E-state index in [1.165, 1.54) is 0 Å². The summed E-state index contributed by atoms with van der Waals surface area (Å²) in [6.45, 7) is 24.2. The summed E-state index contributed by atoms with van der Waals surface area (Å²) in [5.41, 5.74) is 2.79. The standard InChI is InChI=1S/C23H40BClO3Si/c1-12-18-19(24-27-22(8,9)23(10,11)28-24)13-14-20(21(18)25)26-29(15(2)3,16(4)5)17(6)7/h13-17H,12H2,1-11H3. The minimum absolute atomic E-state index is 0.376. The maximum atomic E-state index is 6.94. The summed E-state index contributed by atoms with van der Waals surface area (Å²) in [4.78, 5) is 0. The summed E-state index contributed by atoms with van der Waals surface area (Å²) in [5, 5.41) is 0.707. The van der Waals surface area contributed by atoms with E-state index < -0.39 is 15.4 Å². The predicted octanol–water partition coefficient (Wildman–Crippen LogP) is 6.76. The van der Waals surface area contributed by atoms with E-state index in [0.717, 1.165) is 23.2 Å². The molecule has 0 aromatic heterocycles. The number of benzene rings is 1. The number of rotatable bonds is 7. The normalized spacial score (nSPS) is 18.9. The van der Waals surface area contributed by atoms with Gasteiger partial charge in [0.25, 0.3) is 8.32 Å². The van der Waals surface area contributed by atoms with Crippen molar-refractivity contribution < 1.29 is 13.7 Å². The average Bonchev–Trinajstić information content (AvgIpc) is 2.80. The quantitative estimate of drug-likeness (QED) is 0.440. The summed E-state index contributed by atoms with van der Waals surface area (Å²) >= 11 is 6.94. The third kappa shape index (κ3) is 4.30. The Balaban J connectivity index is 2.49. The van der Waals surface area contributed by atoms with Crippen molar-refractivity contribution in [3.05, 3.63) is 22.7 Å². The second kappa shape index (κ2) is 8.57. The minimum Gasteiger partial charge on any atom is -0.542 e. The zero-order valence-electron chi connectivity index (χ0n) is 20.3. The number of halogens is 1. The van der Waals surface area contributed by atoms with Gasteiger partial charge < -0.3 is 13.7 Å². The second-order valence-electron chi connectivity index (χ2n) is 10.3. The van der Waals surface area contributed by atoms with Crippen LogP contribution in [0.25, 0.3) is 0 Å². The fourth-order valence-electron chi connectivity index (χ4n) is 4.79. The zero-order valence-corrected chi connectivity index (χ0v) is 22.0. The van der Waals surface area contributed by atoms with Gasteiger partial charge in [-0.3, -0.25) is 0 Å². The Labute approximate surface area is 185 Å². The van der Waals surface area contributed by atoms with Crippen LogP contribution in [-0.4, -0.2) is 26.6 Å². The van der Waals surface area contributed by atoms with Gasteiger partial charge in [0.05, 0.1) is 16.2 Å². The van der Waals surface area contributed by atoms with E-state index in [1.54, 1.807) is 0 Å². The van der Waals surface area contributed by atoms with Crippen molar-refractivity contribution >= 4 is 32.5 Å². The highest BCUT2D eigenvalue weighted by molar-refractivity contribution is 6.78. The Morgan fingerprint density at radius 1 is 0.931 bits per heavy atom. The molecule has 0 radical (unpaired) electrons. The molecule has 6 heteroatoms. The van der Waals surface area contributed by atoms with Gasteiger partial charge in [-0.15, -0.1) is 0 Å². The van der Waals surface area contributed by atoms with Crippen molar-refractivity contribution in [2.75, 3.05) is 0 Å². The van der Waals surface area contributed by atoms with E-state index >= 15 is 0 Å². The molecular formula is C23H40BClO3Si. The molecule has 1 aliphatic rings. The molecule has 1 fully saturated rings. The lowest BCUT2D eigenvalue weighted by atomic mass is 9.75. The Hall–Kier alpha value is -0.488. The molecule has 1 aliphatic heterocycles. The van der Waals surface area contributed by atoms with Gasteiger partial charge in [-0.25, -0.2) is 0 Å². The SMILES string of the molecule is CCc1c(B2OC(C)(C)C(C)(C)O2)ccc(O[Si](C(C)C)(C(C)C)C(C)C)c1Cl. The van der Waals surface area contributed by atoms with Gasteiger partial charge in [0.2, 0.25) is 0 Å². The smallest absolute Gasteiger partial charge is 0.495 e. The molecule has 29 heavy (non-hydrogen) atoms. The van der Waals surface area contributed by atoms with Crippen LogP contribution in [0.3, 0.4) is 0 Å². The molecule has 0 N–H and O–H groups in total. The molecule has 0 bridgehead atoms. The van der Waals surface area contributed by atoms with Crippen LogP contribution in [0.4, 0.5) is 0 Å². The first kappa shape index (κ1) is 24.8. The van der Waals surface area contributed by atoms with Crippen molar-refractivity contribution in [3.8, 4) is 5.75 Å². The maximum absolute atomic E-state index is 6.94. The van der Waals surface area contributed by atoms with Gasteiger partial charge in [-0.1, -0.05) is 66.1 Å². The minimum atomic E-state index is -2.08. The maximum Gasteiger partial charge on any atom is 0.495 e. The molecule has 2 rings (SSSR count). The lowest BCUT2D eigenvalue weighted by Gasteiger charge is -2.42. The van der Waals surface area contributed by atoms with Crippen molar-refractivity contribution in [2.24, 2.45) is 0 Å². The topological polar surface area (TPSA) is 27.7 Å². The van der Waals surface area contributed by atoms with Gasteiger partial charge in [-0.2, -0.15) is 0 Å². The molecule has 1 heterocycles. The van der Waals surface area contributed by atoms with Crippen molar-refractivity contribution in [2.45, 2.75) is 110 Å². The molecule has 164 valence electrons. The van der Waals surface area contributed by atoms with Gasteiger partial charge in [0.15, 0.2) is 0 Å². The highest BCUT2D eigenvalue weighted by atomic mass is 35.5. The number of hydrogen-bond acceptors (Lipinski definition) is 3. The summed E-state index contributed by atoms with van der Waals surface area (Å²) in [6.07, 6.45) is 0.801. The molecule has 1 aromatic rings. The molecule has 1 saturated heterocycles. The fraction of sp³-hybridized carbons (Fsp3) is 0.739. The van der Waals surface area contributed by atoms with Crippen LogP contribution in [0.5, 0.6) is 5.75 Å². The molecular weight excluding hydrogens is 399 g/mol. The van der Waals surface area contributed by atoms with Gasteiger partial charge in [0, 0.05) is 0 Å². The van der Waals surface area contributed by atoms with Crippen LogP contribution in [0, 0.1) is 0 Å². The van der Waals surface area contributed by atoms with Crippen LogP contribution >= 0.6 is 11.6 Å². The third-order valence-electron chi connectivity index (χ3n) is 7.10. The van der Waals surface area contributed by atoms with E-state index in [2.05, 4.69) is 82.2 Å². The monoisotopic (exact) mass is 438 g/mol. The van der Waals surface area contributed by atoms with E-state index in [0.29, 0.717) is 21.6 Å². The van der Waals surface area contributed by atoms with Crippen molar-refractivity contribution in [3.63, 3.8) is 0 Å². The molecule has 0 unspecified atom stereocenters. The summed E-state index contributed by atoms with van der Waals surface area (Å²) in [6, 6.07) is 4.11. The van der Waals surface area contributed by atoms with Crippen LogP contribution < -0.4 is 9.89 Å². The zero-order chi connectivity index (χ0) is 22.4. The summed E-state index contributed by atoms with van der Waals surface area (Å²) in [5.74, 6) is 0.812. The van der Waals surface area contributed by atoms with Crippen LogP contribution in [-0.2, 0) is 15.7 Å². The first-order valence-electron chi connectivity index (χ1n) is 11.1. The van der Waals surface area contributed by atoms with E-state index in [1.807, 2.05) is 6.07 Å². The second-order valence-corrected chi connectivity index (χ2v) is 16.1. The fourth-order valence-corrected chi connectivity index (χ4v) is 10.5. The first-order valence-corrected chi connectivity index (χ1v) is 13.6. The highest BCUT2D eigenvalue weighted by Crippen LogP contribution is 2.45. The van der Waals surface area contributed by atoms with Gasteiger partial charge in [-0.05, 0) is 67.8 Å². The Kier molecular flexibility index (Phi) is 7.32. The number of hydrogen-bond donors (Lipinski definition) is 0. The van der Waals surface area contributed by atoms with Gasteiger partial charge in [0.1, 0.15) is 5.75 Å². The van der Waals surface area contributed by atoms with Crippen LogP contribution in [0.2, 0.25) is 21.6 Å². The molecule has 0 amide bonds. The Morgan fingerprint density at radius 2 is 1.38 bits per heavy atom. The van der Waals surface area contributed by atoms with E-state index in [4.69, 9.17) is 25.3 Å². The largest absolute Gasteiger partial charge is 0.542 e. The van der Waals surface area contributed by atoms with E-state index in [-0.39, 0.29) is 11.2 Å². The summed E-state index contributed by atoms with van der Waals surface area (Å²) in [7, 11) is -2.49. The van der Waals surface area contributed by atoms with Crippen molar-refractivity contribution in [1.29, 1.82) is 0 Å². The van der Waals surface area contributed by atoms with Crippen molar-refractivity contribution in [1.82, 2.24) is 0 Å². The molecule has 0 saturated carbocycles. The van der Waals surface area contributed by atoms with E-state index in [9.17, 15) is 0 Å².